The van der Waals surface area contributed by atoms with Gasteiger partial charge in [0.1, 0.15) is 0 Å². The van der Waals surface area contributed by atoms with E-state index < -0.39 is 0 Å². The van der Waals surface area contributed by atoms with Crippen molar-refractivity contribution in [2.75, 3.05) is 17.6 Å². The number of nitrogens with one attached hydrogen (secondary N) is 1. The smallest absolute Gasteiger partial charge is 0.185 e. The molecule has 0 aliphatic carbocycles. The molecule has 2 aromatic carbocycles. The Morgan fingerprint density at radius 1 is 1.08 bits per heavy atom. The maximum absolute atomic E-state index is 12.4. The van der Waals surface area contributed by atoms with Crippen LogP contribution in [0.4, 0.5) is 5.69 Å². The molecule has 4 heteroatoms. The number of thioether (sulfide) groups is 1. The van der Waals surface area contributed by atoms with Crippen LogP contribution in [0.1, 0.15) is 39.0 Å². The molecule has 0 amide bonds. The lowest BCUT2D eigenvalue weighted by Crippen LogP contribution is -2.13. The summed E-state index contributed by atoms with van der Waals surface area (Å²) in [4.78, 5) is 16.9. The molecule has 1 aliphatic rings. The van der Waals surface area contributed by atoms with Crippen LogP contribution in [0.25, 0.3) is 6.08 Å². The first-order chi connectivity index (χ1) is 12.5. The molecule has 0 unspecified atom stereocenters. The van der Waals surface area contributed by atoms with Crippen LogP contribution in [0, 0.1) is 20.8 Å². The largest absolute Gasteiger partial charge is 0.335 e. The lowest BCUT2D eigenvalue weighted by Gasteiger charge is -2.13. The molecule has 0 atom stereocenters. The van der Waals surface area contributed by atoms with Crippen molar-refractivity contribution in [1.29, 1.82) is 0 Å². The zero-order valence-electron chi connectivity index (χ0n) is 15.5. The molecule has 2 aromatic rings. The molecule has 0 spiro atoms. The second-order valence-electron chi connectivity index (χ2n) is 6.58. The number of carbonyl (C=O) groups is 1. The van der Waals surface area contributed by atoms with E-state index in [4.69, 9.17) is 0 Å². The van der Waals surface area contributed by atoms with Crippen LogP contribution in [-0.2, 0) is 0 Å². The highest BCUT2D eigenvalue weighted by molar-refractivity contribution is 8.14. The van der Waals surface area contributed by atoms with Crippen molar-refractivity contribution in [1.82, 2.24) is 0 Å². The molecule has 0 saturated heterocycles. The average Bonchev–Trinajstić information content (AvgIpc) is 2.65. The second kappa shape index (κ2) is 8.37. The van der Waals surface area contributed by atoms with Crippen molar-refractivity contribution >= 4 is 34.5 Å². The third-order valence-corrected chi connectivity index (χ3v) is 5.51. The summed E-state index contributed by atoms with van der Waals surface area (Å²) in [5.41, 5.74) is 6.43. The van der Waals surface area contributed by atoms with Crippen molar-refractivity contribution in [2.45, 2.75) is 27.2 Å². The standard InChI is InChI=1S/C22H24N2OS/c1-15-13-17(3)19(14-16(15)2)7-10-21(25)18-5-8-20(9-6-18)24-22-23-11-4-12-26-22/h5-10,13-14H,4,11-12H2,1-3H3,(H,23,24)/b10-7+. The van der Waals surface area contributed by atoms with Crippen molar-refractivity contribution in [3.8, 4) is 0 Å². The Bertz CT molecular complexity index is 866. The summed E-state index contributed by atoms with van der Waals surface area (Å²) < 4.78 is 0. The molecule has 1 N–H and O–H groups in total. The van der Waals surface area contributed by atoms with Crippen molar-refractivity contribution in [2.24, 2.45) is 4.99 Å². The fourth-order valence-corrected chi connectivity index (χ4v) is 3.64. The molecule has 3 rings (SSSR count). The van der Waals surface area contributed by atoms with E-state index >= 15 is 0 Å². The fourth-order valence-electron chi connectivity index (χ4n) is 2.80. The first-order valence-corrected chi connectivity index (χ1v) is 9.86. The van der Waals surface area contributed by atoms with Gasteiger partial charge in [0.05, 0.1) is 0 Å². The third-order valence-electron chi connectivity index (χ3n) is 4.51. The van der Waals surface area contributed by atoms with Gasteiger partial charge in [-0.3, -0.25) is 9.79 Å². The van der Waals surface area contributed by atoms with Crippen LogP contribution in [0.15, 0.2) is 47.5 Å². The number of benzene rings is 2. The third kappa shape index (κ3) is 4.64. The summed E-state index contributed by atoms with van der Waals surface area (Å²) in [7, 11) is 0. The number of nitrogens with zero attached hydrogens (tertiary/aromatic N) is 1. The van der Waals surface area contributed by atoms with Crippen molar-refractivity contribution in [3.05, 3.63) is 70.3 Å². The first kappa shape index (κ1) is 18.5. The van der Waals surface area contributed by atoms with Crippen LogP contribution >= 0.6 is 11.8 Å². The van der Waals surface area contributed by atoms with E-state index in [1.807, 2.05) is 30.3 Å². The summed E-state index contributed by atoms with van der Waals surface area (Å²) in [6.45, 7) is 7.15. The van der Waals surface area contributed by atoms with Gasteiger partial charge in [0, 0.05) is 23.5 Å². The predicted octanol–water partition coefficient (Wildman–Crippen LogP) is 5.41. The van der Waals surface area contributed by atoms with Gasteiger partial charge in [0.2, 0.25) is 0 Å². The quantitative estimate of drug-likeness (QED) is 0.582. The molecule has 3 nitrogen and oxygen atoms in total. The van der Waals surface area contributed by atoms with E-state index in [1.54, 1.807) is 17.8 Å². The molecular weight excluding hydrogens is 340 g/mol. The molecular formula is C22H24N2OS. The van der Waals surface area contributed by atoms with Gasteiger partial charge >= 0.3 is 0 Å². The minimum atomic E-state index is 0.0126. The van der Waals surface area contributed by atoms with Gasteiger partial charge in [0.25, 0.3) is 0 Å². The van der Waals surface area contributed by atoms with Crippen LogP contribution in [0.3, 0.4) is 0 Å². The molecule has 0 aromatic heterocycles. The summed E-state index contributed by atoms with van der Waals surface area (Å²) in [6, 6.07) is 11.9. The number of allylic oxidation sites excluding steroid dienone is 1. The van der Waals surface area contributed by atoms with Crippen LogP contribution in [0.5, 0.6) is 0 Å². The Hall–Kier alpha value is -2.33. The highest BCUT2D eigenvalue weighted by atomic mass is 32.2. The highest BCUT2D eigenvalue weighted by Gasteiger charge is 2.07. The maximum atomic E-state index is 12.4. The Kier molecular flexibility index (Phi) is 5.94. The molecule has 0 radical (unpaired) electrons. The fraction of sp³-hybridized carbons (Fsp3) is 0.273. The molecule has 26 heavy (non-hydrogen) atoms. The van der Waals surface area contributed by atoms with Gasteiger partial charge < -0.3 is 5.32 Å². The number of carbonyl (C=O) groups excluding carboxylic acids is 1. The monoisotopic (exact) mass is 364 g/mol. The Labute approximate surface area is 159 Å². The molecule has 0 bridgehead atoms. The number of aliphatic imine (C=N–C) groups is 1. The number of hydrogen-bond acceptors (Lipinski definition) is 4. The van der Waals surface area contributed by atoms with Gasteiger partial charge in [0.15, 0.2) is 11.0 Å². The average molecular weight is 365 g/mol. The minimum absolute atomic E-state index is 0.0126. The van der Waals surface area contributed by atoms with Crippen LogP contribution < -0.4 is 5.32 Å². The lowest BCUT2D eigenvalue weighted by atomic mass is 10.00. The number of rotatable bonds is 4. The molecule has 1 heterocycles. The Morgan fingerprint density at radius 3 is 2.50 bits per heavy atom. The van der Waals surface area contributed by atoms with Gasteiger partial charge in [-0.05, 0) is 79.8 Å². The van der Waals surface area contributed by atoms with Gasteiger partial charge in [-0.1, -0.05) is 30.0 Å². The molecule has 1 aliphatic heterocycles. The van der Waals surface area contributed by atoms with E-state index in [2.05, 4.69) is 43.2 Å². The summed E-state index contributed by atoms with van der Waals surface area (Å²) in [5, 5.41) is 4.27. The number of amidine groups is 1. The minimum Gasteiger partial charge on any atom is -0.335 e. The molecule has 0 fully saturated rings. The van der Waals surface area contributed by atoms with E-state index in [9.17, 15) is 4.79 Å². The van der Waals surface area contributed by atoms with Gasteiger partial charge in [-0.2, -0.15) is 0 Å². The van der Waals surface area contributed by atoms with E-state index in [0.717, 1.165) is 35.1 Å². The Morgan fingerprint density at radius 2 is 1.81 bits per heavy atom. The summed E-state index contributed by atoms with van der Waals surface area (Å²) in [5.74, 6) is 1.11. The molecule has 134 valence electrons. The van der Waals surface area contributed by atoms with E-state index in [-0.39, 0.29) is 5.78 Å². The van der Waals surface area contributed by atoms with Crippen LogP contribution in [-0.4, -0.2) is 23.2 Å². The van der Waals surface area contributed by atoms with Crippen molar-refractivity contribution < 1.29 is 4.79 Å². The van der Waals surface area contributed by atoms with Crippen LogP contribution in [0.2, 0.25) is 0 Å². The number of ketones is 1. The second-order valence-corrected chi connectivity index (χ2v) is 7.67. The van der Waals surface area contributed by atoms with E-state index in [0.29, 0.717) is 5.56 Å². The van der Waals surface area contributed by atoms with Gasteiger partial charge in [-0.25, -0.2) is 0 Å². The predicted molar refractivity (Wildman–Crippen MR) is 113 cm³/mol. The number of anilines is 1. The lowest BCUT2D eigenvalue weighted by molar-refractivity contribution is 0.104. The summed E-state index contributed by atoms with van der Waals surface area (Å²) >= 11 is 1.74. The topological polar surface area (TPSA) is 41.5 Å². The van der Waals surface area contributed by atoms with Gasteiger partial charge in [-0.15, -0.1) is 0 Å². The highest BCUT2D eigenvalue weighted by Crippen LogP contribution is 2.19. The number of aryl methyl sites for hydroxylation is 3. The maximum Gasteiger partial charge on any atom is 0.185 e. The first-order valence-electron chi connectivity index (χ1n) is 8.87. The zero-order valence-corrected chi connectivity index (χ0v) is 16.3. The van der Waals surface area contributed by atoms with E-state index in [1.165, 1.54) is 16.7 Å². The Balaban J connectivity index is 1.68. The molecule has 0 saturated carbocycles. The number of hydrogen-bond donors (Lipinski definition) is 1. The van der Waals surface area contributed by atoms with Crippen molar-refractivity contribution in [3.63, 3.8) is 0 Å². The zero-order chi connectivity index (χ0) is 18.5. The SMILES string of the molecule is Cc1cc(C)c(/C=C/C(=O)c2ccc(NC3=NCCCS3)cc2)cc1C. The normalized spacial score (nSPS) is 14.3. The summed E-state index contributed by atoms with van der Waals surface area (Å²) in [6.07, 6.45) is 4.69.